The first kappa shape index (κ1) is 6.75. The van der Waals surface area contributed by atoms with E-state index in [1.54, 1.807) is 0 Å². The van der Waals surface area contributed by atoms with E-state index in [2.05, 4.69) is 9.73 Å². The first-order chi connectivity index (χ1) is 2.89. The van der Waals surface area contributed by atoms with Crippen LogP contribution in [0.5, 0.6) is 0 Å². The Kier molecular flexibility index (Phi) is 2.75. The van der Waals surface area contributed by atoms with Gasteiger partial charge in [0, 0.05) is 0 Å². The molecule has 0 atom stereocenters. The highest BCUT2D eigenvalue weighted by atomic mass is 79.9. The fourth-order valence-corrected chi connectivity index (χ4v) is 0.352. The van der Waals surface area contributed by atoms with Gasteiger partial charge in [0.2, 0.25) is 0 Å². The average molecular weight is 167 g/mol. The van der Waals surface area contributed by atoms with Gasteiger partial charge in [-0.1, -0.05) is 0 Å². The van der Waals surface area contributed by atoms with Crippen LogP contribution < -0.4 is 5.73 Å². The lowest BCUT2D eigenvalue weighted by Crippen LogP contribution is -2.10. The Morgan fingerprint density at radius 1 is 1.71 bits per heavy atom. The second-order valence-corrected chi connectivity index (χ2v) is 1.07. The number of aliphatic imine (C=N–C) groups is 1. The van der Waals surface area contributed by atoms with Crippen LogP contribution in [-0.2, 0) is 4.74 Å². The summed E-state index contributed by atoms with van der Waals surface area (Å²) in [5.41, 5.74) is 5.06. The zero-order chi connectivity index (χ0) is 4.41. The van der Waals surface area contributed by atoms with E-state index in [-0.39, 0.29) is 17.0 Å². The van der Waals surface area contributed by atoms with Gasteiger partial charge in [-0.15, -0.1) is 17.0 Å². The van der Waals surface area contributed by atoms with E-state index in [1.807, 2.05) is 0 Å². The van der Waals surface area contributed by atoms with Crippen molar-refractivity contribution in [2.24, 2.45) is 10.7 Å². The van der Waals surface area contributed by atoms with Crippen molar-refractivity contribution in [2.45, 2.75) is 0 Å². The molecule has 0 radical (unpaired) electrons. The number of nitrogens with zero attached hydrogens (tertiary/aromatic N) is 1. The number of rotatable bonds is 0. The van der Waals surface area contributed by atoms with E-state index in [0.717, 1.165) is 6.54 Å². The van der Waals surface area contributed by atoms with E-state index < -0.39 is 0 Å². The van der Waals surface area contributed by atoms with Crippen molar-refractivity contribution in [3.63, 3.8) is 0 Å². The lowest BCUT2D eigenvalue weighted by atomic mass is 10.8. The molecule has 1 rings (SSSR count). The molecular formula is C3H7BrN2O. The minimum absolute atomic E-state index is 0. The van der Waals surface area contributed by atoms with Crippen molar-refractivity contribution in [3.05, 3.63) is 0 Å². The van der Waals surface area contributed by atoms with Gasteiger partial charge in [-0.3, -0.25) is 0 Å². The Labute approximate surface area is 52.3 Å². The topological polar surface area (TPSA) is 47.6 Å². The molecule has 0 aliphatic carbocycles. The van der Waals surface area contributed by atoms with Crippen molar-refractivity contribution in [2.75, 3.05) is 13.2 Å². The summed E-state index contributed by atoms with van der Waals surface area (Å²) in [5.74, 6) is 0. The van der Waals surface area contributed by atoms with Crippen molar-refractivity contribution >= 4 is 23.0 Å². The normalized spacial score (nSPS) is 16.9. The molecule has 0 aromatic heterocycles. The first-order valence-corrected chi connectivity index (χ1v) is 1.82. The maximum Gasteiger partial charge on any atom is 0.282 e. The minimum atomic E-state index is 0. The molecule has 0 aromatic rings. The van der Waals surface area contributed by atoms with Crippen molar-refractivity contribution < 1.29 is 4.74 Å². The van der Waals surface area contributed by atoms with Crippen LogP contribution >= 0.6 is 17.0 Å². The second-order valence-electron chi connectivity index (χ2n) is 1.07. The number of hydrogen-bond acceptors (Lipinski definition) is 3. The minimum Gasteiger partial charge on any atom is -0.463 e. The Bertz CT molecular complexity index is 83.0. The summed E-state index contributed by atoms with van der Waals surface area (Å²) < 4.78 is 4.68. The Morgan fingerprint density at radius 3 is 2.57 bits per heavy atom. The molecule has 0 aromatic carbocycles. The molecule has 42 valence electrons. The summed E-state index contributed by atoms with van der Waals surface area (Å²) in [5, 5.41) is 0. The first-order valence-electron chi connectivity index (χ1n) is 1.82. The molecule has 0 amide bonds. The van der Waals surface area contributed by atoms with E-state index in [1.165, 1.54) is 0 Å². The van der Waals surface area contributed by atoms with Gasteiger partial charge >= 0.3 is 0 Å². The zero-order valence-electron chi connectivity index (χ0n) is 3.76. The summed E-state index contributed by atoms with van der Waals surface area (Å²) >= 11 is 0. The van der Waals surface area contributed by atoms with E-state index in [4.69, 9.17) is 5.73 Å². The Balaban J connectivity index is 0.000000360. The van der Waals surface area contributed by atoms with E-state index in [0.29, 0.717) is 12.6 Å². The van der Waals surface area contributed by atoms with Crippen LogP contribution in [0.15, 0.2) is 4.99 Å². The quantitative estimate of drug-likeness (QED) is 0.548. The van der Waals surface area contributed by atoms with Gasteiger partial charge < -0.3 is 10.5 Å². The van der Waals surface area contributed by atoms with Gasteiger partial charge in [-0.2, -0.15) is 0 Å². The molecule has 7 heavy (non-hydrogen) atoms. The zero-order valence-corrected chi connectivity index (χ0v) is 5.47. The van der Waals surface area contributed by atoms with Crippen LogP contribution in [0.2, 0.25) is 0 Å². The summed E-state index contributed by atoms with van der Waals surface area (Å²) in [6.07, 6.45) is 0. The molecule has 0 saturated carbocycles. The van der Waals surface area contributed by atoms with Crippen molar-refractivity contribution in [1.29, 1.82) is 0 Å². The molecule has 3 nitrogen and oxygen atoms in total. The fraction of sp³-hybridized carbons (Fsp3) is 0.667. The molecule has 0 fully saturated rings. The van der Waals surface area contributed by atoms with E-state index in [9.17, 15) is 0 Å². The predicted molar refractivity (Wildman–Crippen MR) is 32.8 cm³/mol. The van der Waals surface area contributed by atoms with Gasteiger partial charge in [0.15, 0.2) is 0 Å². The van der Waals surface area contributed by atoms with Crippen LogP contribution in [0.25, 0.3) is 0 Å². The molecule has 0 spiro atoms. The van der Waals surface area contributed by atoms with Crippen molar-refractivity contribution in [3.8, 4) is 0 Å². The smallest absolute Gasteiger partial charge is 0.282 e. The molecule has 1 heterocycles. The summed E-state index contributed by atoms with van der Waals surface area (Å²) in [6, 6.07) is 0.329. The van der Waals surface area contributed by atoms with Crippen LogP contribution in [0.3, 0.4) is 0 Å². The molecule has 0 saturated heterocycles. The maximum absolute atomic E-state index is 5.06. The second kappa shape index (κ2) is 2.85. The van der Waals surface area contributed by atoms with E-state index >= 15 is 0 Å². The Morgan fingerprint density at radius 2 is 2.43 bits per heavy atom. The number of nitrogens with two attached hydrogens (primary N) is 1. The third kappa shape index (κ3) is 1.77. The van der Waals surface area contributed by atoms with Crippen molar-refractivity contribution in [1.82, 2.24) is 0 Å². The number of ether oxygens (including phenoxy) is 1. The summed E-state index contributed by atoms with van der Waals surface area (Å²) in [6.45, 7) is 1.39. The highest BCUT2D eigenvalue weighted by Crippen LogP contribution is 1.84. The Hall–Kier alpha value is -0.250. The van der Waals surface area contributed by atoms with Crippen LogP contribution in [0.1, 0.15) is 0 Å². The standard InChI is InChI=1S/C3H6N2O.BrH/c4-3-5-1-2-6-3;/h1-2H2,(H2,4,5);1H. The predicted octanol–water partition coefficient (Wildman–Crippen LogP) is -0.0908. The molecule has 1 aliphatic heterocycles. The number of amidine groups is 1. The summed E-state index contributed by atoms with van der Waals surface area (Å²) in [7, 11) is 0. The molecule has 0 bridgehead atoms. The highest BCUT2D eigenvalue weighted by Gasteiger charge is 1.97. The van der Waals surface area contributed by atoms with Crippen LogP contribution in [0, 0.1) is 0 Å². The highest BCUT2D eigenvalue weighted by molar-refractivity contribution is 8.93. The van der Waals surface area contributed by atoms with Gasteiger partial charge in [-0.05, 0) is 0 Å². The van der Waals surface area contributed by atoms with Crippen LogP contribution in [0.4, 0.5) is 0 Å². The van der Waals surface area contributed by atoms with Crippen LogP contribution in [-0.4, -0.2) is 19.2 Å². The fourth-order valence-electron chi connectivity index (χ4n) is 0.352. The monoisotopic (exact) mass is 166 g/mol. The van der Waals surface area contributed by atoms with Gasteiger partial charge in [0.1, 0.15) is 6.61 Å². The average Bonchev–Trinajstić information content (AvgIpc) is 1.86. The van der Waals surface area contributed by atoms with Gasteiger partial charge in [0.25, 0.3) is 6.02 Å². The third-order valence-corrected chi connectivity index (χ3v) is 0.609. The lowest BCUT2D eigenvalue weighted by Gasteiger charge is -1.86. The summed E-state index contributed by atoms with van der Waals surface area (Å²) in [4.78, 5) is 3.71. The third-order valence-electron chi connectivity index (χ3n) is 0.609. The molecular weight excluding hydrogens is 160 g/mol. The molecule has 2 N–H and O–H groups in total. The molecule has 0 unspecified atom stereocenters. The van der Waals surface area contributed by atoms with Gasteiger partial charge in [0.05, 0.1) is 6.54 Å². The SMILES string of the molecule is Br.NC1=NCCO1. The molecule has 4 heteroatoms. The number of hydrogen-bond donors (Lipinski definition) is 1. The lowest BCUT2D eigenvalue weighted by molar-refractivity contribution is 0.342. The maximum atomic E-state index is 5.06. The largest absolute Gasteiger partial charge is 0.463 e. The number of halogens is 1. The van der Waals surface area contributed by atoms with Gasteiger partial charge in [-0.25, -0.2) is 4.99 Å². The molecule has 1 aliphatic rings.